The summed E-state index contributed by atoms with van der Waals surface area (Å²) >= 11 is 0. The molecule has 2 N–H and O–H groups in total. The predicted molar refractivity (Wildman–Crippen MR) is 123 cm³/mol. The van der Waals surface area contributed by atoms with Crippen molar-refractivity contribution in [3.8, 4) is 5.75 Å². The molecule has 0 bridgehead atoms. The molecule has 162 valence electrons. The maximum Gasteiger partial charge on any atom is 0.126 e. The summed E-state index contributed by atoms with van der Waals surface area (Å²) in [7, 11) is 0. The normalized spacial score (nSPS) is 21.6. The van der Waals surface area contributed by atoms with Crippen LogP contribution in [-0.4, -0.2) is 40.3 Å². The molecule has 3 aromatic rings. The van der Waals surface area contributed by atoms with Crippen molar-refractivity contribution in [2.75, 3.05) is 19.6 Å². The molecular formula is C27H31NO3. The van der Waals surface area contributed by atoms with E-state index in [1.807, 2.05) is 18.2 Å². The van der Waals surface area contributed by atoms with Crippen LogP contribution in [0.4, 0.5) is 0 Å². The lowest BCUT2D eigenvalue weighted by Gasteiger charge is -2.46. The zero-order chi connectivity index (χ0) is 21.6. The van der Waals surface area contributed by atoms with E-state index < -0.39 is 12.2 Å². The lowest BCUT2D eigenvalue weighted by Crippen LogP contribution is -2.51. The molecule has 1 spiro atoms. The number of fused-ring (bicyclic) bond motifs is 2. The molecule has 4 heteroatoms. The van der Waals surface area contributed by atoms with Crippen molar-refractivity contribution in [2.45, 2.75) is 50.9 Å². The molecule has 2 atom stereocenters. The minimum Gasteiger partial charge on any atom is -0.487 e. The summed E-state index contributed by atoms with van der Waals surface area (Å²) < 4.78 is 6.50. The number of piperidine rings is 1. The zero-order valence-electron chi connectivity index (χ0n) is 18.3. The summed E-state index contributed by atoms with van der Waals surface area (Å²) in [5.74, 6) is 0.839. The molecule has 2 heterocycles. The van der Waals surface area contributed by atoms with E-state index in [2.05, 4.69) is 55.1 Å². The standard InChI is InChI=1S/C27H31NO3/c1-18-13-23-24(29)16-27(31-26(23)14-19(18)2)9-11-28(12-10-27)17-25(30)22-8-7-20-5-3-4-6-21(20)15-22/h3-8,13-15,24-25,29-30H,9-12,16-17H2,1-2H3/t24-,25-/m0/s1. The number of aliphatic hydroxyl groups excluding tert-OH is 2. The van der Waals surface area contributed by atoms with Crippen LogP contribution in [0.15, 0.2) is 54.6 Å². The van der Waals surface area contributed by atoms with Gasteiger partial charge in [-0.25, -0.2) is 0 Å². The Kier molecular flexibility index (Phi) is 5.25. The molecule has 3 aromatic carbocycles. The Labute approximate surface area is 184 Å². The summed E-state index contributed by atoms with van der Waals surface area (Å²) in [4.78, 5) is 2.32. The van der Waals surface area contributed by atoms with Crippen LogP contribution in [0.25, 0.3) is 10.8 Å². The Hall–Kier alpha value is -2.40. The van der Waals surface area contributed by atoms with Crippen molar-refractivity contribution in [2.24, 2.45) is 0 Å². The first-order chi connectivity index (χ1) is 14.9. The van der Waals surface area contributed by atoms with Gasteiger partial charge in [0, 0.05) is 31.6 Å². The van der Waals surface area contributed by atoms with E-state index in [-0.39, 0.29) is 5.60 Å². The van der Waals surface area contributed by atoms with Crippen LogP contribution in [0.3, 0.4) is 0 Å². The molecule has 31 heavy (non-hydrogen) atoms. The maximum absolute atomic E-state index is 10.8. The zero-order valence-corrected chi connectivity index (χ0v) is 18.3. The van der Waals surface area contributed by atoms with Crippen LogP contribution in [0.2, 0.25) is 0 Å². The number of rotatable bonds is 3. The molecule has 0 saturated carbocycles. The molecule has 1 fully saturated rings. The number of benzene rings is 3. The molecule has 0 amide bonds. The van der Waals surface area contributed by atoms with E-state index in [0.717, 1.165) is 48.2 Å². The summed E-state index contributed by atoms with van der Waals surface area (Å²) in [5.41, 5.74) is 3.96. The monoisotopic (exact) mass is 417 g/mol. The summed E-state index contributed by atoms with van der Waals surface area (Å²) in [6.07, 6.45) is 1.38. The van der Waals surface area contributed by atoms with Crippen molar-refractivity contribution in [3.63, 3.8) is 0 Å². The number of hydrogen-bond donors (Lipinski definition) is 2. The van der Waals surface area contributed by atoms with Gasteiger partial charge >= 0.3 is 0 Å². The van der Waals surface area contributed by atoms with Gasteiger partial charge in [0.2, 0.25) is 0 Å². The Morgan fingerprint density at radius 2 is 1.71 bits per heavy atom. The third kappa shape index (κ3) is 3.96. The lowest BCUT2D eigenvalue weighted by atomic mass is 9.81. The molecule has 0 unspecified atom stereocenters. The maximum atomic E-state index is 10.8. The van der Waals surface area contributed by atoms with Crippen LogP contribution in [0.5, 0.6) is 5.75 Å². The number of nitrogens with zero attached hydrogens (tertiary/aromatic N) is 1. The van der Waals surface area contributed by atoms with Gasteiger partial charge in [0.1, 0.15) is 11.4 Å². The van der Waals surface area contributed by atoms with Crippen molar-refractivity contribution in [1.29, 1.82) is 0 Å². The number of aliphatic hydroxyl groups is 2. The van der Waals surface area contributed by atoms with E-state index in [9.17, 15) is 10.2 Å². The minimum absolute atomic E-state index is 0.307. The summed E-state index contributed by atoms with van der Waals surface area (Å²) in [6, 6.07) is 18.6. The molecule has 4 nitrogen and oxygen atoms in total. The first kappa shape index (κ1) is 20.5. The van der Waals surface area contributed by atoms with Gasteiger partial charge < -0.3 is 19.8 Å². The second-order valence-corrected chi connectivity index (χ2v) is 9.40. The largest absolute Gasteiger partial charge is 0.487 e. The van der Waals surface area contributed by atoms with E-state index >= 15 is 0 Å². The third-order valence-corrected chi connectivity index (χ3v) is 7.23. The fourth-order valence-corrected chi connectivity index (χ4v) is 5.11. The van der Waals surface area contributed by atoms with Gasteiger partial charge in [-0.1, -0.05) is 36.4 Å². The first-order valence-corrected chi connectivity index (χ1v) is 11.3. The first-order valence-electron chi connectivity index (χ1n) is 11.3. The third-order valence-electron chi connectivity index (χ3n) is 7.23. The molecule has 0 radical (unpaired) electrons. The van der Waals surface area contributed by atoms with E-state index in [1.165, 1.54) is 16.5 Å². The molecule has 2 aliphatic rings. The Morgan fingerprint density at radius 1 is 1.00 bits per heavy atom. The highest BCUT2D eigenvalue weighted by atomic mass is 16.5. The van der Waals surface area contributed by atoms with Gasteiger partial charge in [0.25, 0.3) is 0 Å². The fraction of sp³-hybridized carbons (Fsp3) is 0.407. The fourth-order valence-electron chi connectivity index (χ4n) is 5.11. The summed E-state index contributed by atoms with van der Waals surface area (Å²) in [5, 5.41) is 24.0. The van der Waals surface area contributed by atoms with Gasteiger partial charge in [-0.05, 0) is 72.4 Å². The molecule has 5 rings (SSSR count). The SMILES string of the molecule is Cc1cc2c(cc1C)[C@@H](O)CC1(CCN(C[C@H](O)c3ccc4ccccc4c3)CC1)O2. The van der Waals surface area contributed by atoms with E-state index in [0.29, 0.717) is 13.0 Å². The average molecular weight is 418 g/mol. The number of aryl methyl sites for hydroxylation is 2. The van der Waals surface area contributed by atoms with Crippen molar-refractivity contribution >= 4 is 10.8 Å². The average Bonchev–Trinajstić information content (AvgIpc) is 2.77. The highest BCUT2D eigenvalue weighted by molar-refractivity contribution is 5.83. The lowest BCUT2D eigenvalue weighted by molar-refractivity contribution is -0.0588. The second-order valence-electron chi connectivity index (χ2n) is 9.40. The highest BCUT2D eigenvalue weighted by Gasteiger charge is 2.43. The van der Waals surface area contributed by atoms with Crippen molar-refractivity contribution < 1.29 is 14.9 Å². The van der Waals surface area contributed by atoms with Gasteiger partial charge in [0.15, 0.2) is 0 Å². The Balaban J connectivity index is 1.25. The summed E-state index contributed by atoms with van der Waals surface area (Å²) in [6.45, 7) is 6.50. The van der Waals surface area contributed by atoms with Gasteiger partial charge in [-0.15, -0.1) is 0 Å². The highest BCUT2D eigenvalue weighted by Crippen LogP contribution is 2.45. The minimum atomic E-state index is -0.511. The van der Waals surface area contributed by atoms with Gasteiger partial charge in [0.05, 0.1) is 12.2 Å². The number of hydrogen-bond acceptors (Lipinski definition) is 4. The second kappa shape index (κ2) is 7.94. The van der Waals surface area contributed by atoms with Gasteiger partial charge in [-0.2, -0.15) is 0 Å². The van der Waals surface area contributed by atoms with Crippen LogP contribution < -0.4 is 4.74 Å². The van der Waals surface area contributed by atoms with Crippen LogP contribution in [0, 0.1) is 13.8 Å². The van der Waals surface area contributed by atoms with E-state index in [1.54, 1.807) is 0 Å². The van der Waals surface area contributed by atoms with Crippen LogP contribution in [0.1, 0.15) is 53.7 Å². The smallest absolute Gasteiger partial charge is 0.126 e. The number of ether oxygens (including phenoxy) is 1. The molecule has 0 aromatic heterocycles. The quantitative estimate of drug-likeness (QED) is 0.640. The van der Waals surface area contributed by atoms with Crippen molar-refractivity contribution in [1.82, 2.24) is 4.90 Å². The molecule has 2 aliphatic heterocycles. The predicted octanol–water partition coefficient (Wildman–Crippen LogP) is 4.84. The van der Waals surface area contributed by atoms with Crippen LogP contribution in [-0.2, 0) is 0 Å². The van der Waals surface area contributed by atoms with Gasteiger partial charge in [-0.3, -0.25) is 0 Å². The Bertz CT molecular complexity index is 1100. The van der Waals surface area contributed by atoms with Crippen LogP contribution >= 0.6 is 0 Å². The molecule has 1 saturated heterocycles. The van der Waals surface area contributed by atoms with E-state index in [4.69, 9.17) is 4.74 Å². The Morgan fingerprint density at radius 3 is 2.48 bits per heavy atom. The topological polar surface area (TPSA) is 52.9 Å². The molecule has 0 aliphatic carbocycles. The number of likely N-dealkylation sites (tertiary alicyclic amines) is 1. The number of β-amino-alcohol motifs (C(OH)–C–C–N with tert-alkyl or cyclic N) is 1. The van der Waals surface area contributed by atoms with Crippen molar-refractivity contribution in [3.05, 3.63) is 76.9 Å². The molecular weight excluding hydrogens is 386 g/mol.